The smallest absolute Gasteiger partial charge is 0.207 e. The Hall–Kier alpha value is -2.59. The van der Waals surface area contributed by atoms with Crippen molar-refractivity contribution in [2.24, 2.45) is 0 Å². The molecule has 2 aliphatic rings. The van der Waals surface area contributed by atoms with Crippen molar-refractivity contribution >= 4 is 17.0 Å². The van der Waals surface area contributed by atoms with Crippen LogP contribution in [-0.2, 0) is 4.79 Å². The molecule has 2 N–H and O–H groups in total. The van der Waals surface area contributed by atoms with E-state index in [4.69, 9.17) is 0 Å². The minimum atomic E-state index is -0.121. The van der Waals surface area contributed by atoms with Gasteiger partial charge in [-0.15, -0.1) is 0 Å². The molecule has 1 aromatic carbocycles. The summed E-state index contributed by atoms with van der Waals surface area (Å²) in [5, 5.41) is 14.8. The highest BCUT2D eigenvalue weighted by Gasteiger charge is 2.32. The van der Waals surface area contributed by atoms with Crippen LogP contribution in [0.1, 0.15) is 31.7 Å². The minimum absolute atomic E-state index is 0.121. The van der Waals surface area contributed by atoms with Gasteiger partial charge < -0.3 is 15.3 Å². The first-order chi connectivity index (χ1) is 12.7. The Morgan fingerprint density at radius 1 is 1.27 bits per heavy atom. The summed E-state index contributed by atoms with van der Waals surface area (Å²) >= 11 is 0. The monoisotopic (exact) mass is 350 g/mol. The lowest BCUT2D eigenvalue weighted by atomic mass is 9.88. The van der Waals surface area contributed by atoms with Gasteiger partial charge in [-0.25, -0.2) is 0 Å². The van der Waals surface area contributed by atoms with Crippen LogP contribution in [0.3, 0.4) is 0 Å². The molecule has 1 aromatic rings. The number of nitrogens with two attached hydrogens (primary N) is 1. The number of hydrogen-bond acceptors (Lipinski definition) is 3. The van der Waals surface area contributed by atoms with E-state index in [0.29, 0.717) is 5.70 Å². The predicted molar refractivity (Wildman–Crippen MR) is 102 cm³/mol. The summed E-state index contributed by atoms with van der Waals surface area (Å²) in [6.07, 6.45) is 8.54. The second kappa shape index (κ2) is 8.19. The number of carbonyl (C=O) groups is 1. The van der Waals surface area contributed by atoms with E-state index in [1.54, 1.807) is 12.2 Å². The van der Waals surface area contributed by atoms with Crippen LogP contribution in [0, 0.1) is 0 Å². The van der Waals surface area contributed by atoms with Crippen molar-refractivity contribution in [1.82, 2.24) is 4.90 Å². The second-order valence-electron chi connectivity index (χ2n) is 6.67. The number of likely N-dealkylation sites (tertiary alicyclic amines) is 1. The Kier molecular flexibility index (Phi) is 5.74. The van der Waals surface area contributed by atoms with Crippen molar-refractivity contribution < 1.29 is 15.2 Å². The first-order valence-electron chi connectivity index (χ1n) is 9.35. The van der Waals surface area contributed by atoms with E-state index in [0.717, 1.165) is 49.3 Å². The lowest BCUT2D eigenvalue weighted by Gasteiger charge is -2.40. The minimum Gasteiger partial charge on any atom is -0.870 e. The maximum Gasteiger partial charge on any atom is 0.207 e. The molecule has 4 heteroatoms. The number of benzene rings is 1. The molecule has 1 saturated heterocycles. The zero-order valence-corrected chi connectivity index (χ0v) is 15.3. The Labute approximate surface area is 155 Å². The molecule has 26 heavy (non-hydrogen) atoms. The first-order valence-corrected chi connectivity index (χ1v) is 9.35. The van der Waals surface area contributed by atoms with E-state index in [1.165, 1.54) is 6.42 Å². The van der Waals surface area contributed by atoms with Gasteiger partial charge in [-0.3, -0.25) is 4.79 Å². The molecule has 1 aliphatic carbocycles. The maximum atomic E-state index is 12.6. The average Bonchev–Trinajstić information content (AvgIpc) is 2.67. The standard InChI is InChI=1S/C22H26N2O2/c1-3-10-16(17-11-6-7-12-19(17)23-4-2)15-18-21(25)20(22(18)26)24-13-8-5-9-14-24/h3,6-7,10-12,15,23,25H,1,4-5,8-9,13-14H2,2H3/b16-10-,18-15-. The fourth-order valence-corrected chi connectivity index (χ4v) is 3.59. The van der Waals surface area contributed by atoms with Gasteiger partial charge in [0, 0.05) is 24.2 Å². The Bertz CT molecular complexity index is 796. The lowest BCUT2D eigenvalue weighted by molar-refractivity contribution is -0.567. The molecule has 0 amide bonds. The maximum absolute atomic E-state index is 12.6. The predicted octanol–water partition coefficient (Wildman–Crippen LogP) is 2.04. The van der Waals surface area contributed by atoms with Gasteiger partial charge in [-0.1, -0.05) is 36.6 Å². The van der Waals surface area contributed by atoms with Gasteiger partial charge in [0.1, 0.15) is 5.69 Å². The Balaban J connectivity index is 1.94. The van der Waals surface area contributed by atoms with E-state index in [-0.39, 0.29) is 17.1 Å². The molecule has 0 bridgehead atoms. The molecule has 4 nitrogen and oxygen atoms in total. The van der Waals surface area contributed by atoms with Crippen LogP contribution in [0.25, 0.3) is 5.57 Å². The molecule has 0 unspecified atom stereocenters. The molecule has 0 radical (unpaired) electrons. The van der Waals surface area contributed by atoms with Crippen LogP contribution in [0.15, 0.2) is 66.1 Å². The average molecular weight is 350 g/mol. The van der Waals surface area contributed by atoms with E-state index in [2.05, 4.69) is 18.8 Å². The quantitative estimate of drug-likeness (QED) is 0.485. The molecule has 0 atom stereocenters. The van der Waals surface area contributed by atoms with Crippen molar-refractivity contribution in [1.29, 1.82) is 0 Å². The summed E-state index contributed by atoms with van der Waals surface area (Å²) < 4.78 is 0. The zero-order chi connectivity index (χ0) is 18.5. The van der Waals surface area contributed by atoms with Gasteiger partial charge in [0.05, 0.1) is 12.2 Å². The Morgan fingerprint density at radius 2 is 2.00 bits per heavy atom. The highest BCUT2D eigenvalue weighted by Crippen LogP contribution is 2.34. The number of ketones is 1. The highest BCUT2D eigenvalue weighted by atomic mass is 16.3. The fourth-order valence-electron chi connectivity index (χ4n) is 3.59. The third-order valence-electron chi connectivity index (χ3n) is 4.88. The van der Waals surface area contributed by atoms with E-state index in [1.807, 2.05) is 35.2 Å². The largest absolute Gasteiger partial charge is 0.870 e. The van der Waals surface area contributed by atoms with Crippen LogP contribution in [0.4, 0.5) is 5.69 Å². The van der Waals surface area contributed by atoms with E-state index >= 15 is 0 Å². The van der Waals surface area contributed by atoms with Gasteiger partial charge in [0.25, 0.3) is 0 Å². The number of carbonyl (C=O) groups excluding carboxylic acids is 1. The van der Waals surface area contributed by atoms with Crippen LogP contribution in [0.5, 0.6) is 0 Å². The number of para-hydroxylation sites is 1. The first kappa shape index (κ1) is 18.2. The number of piperidine rings is 1. The molecule has 1 aliphatic heterocycles. The topological polar surface area (TPSA) is 60.0 Å². The zero-order valence-electron chi connectivity index (χ0n) is 15.3. The Morgan fingerprint density at radius 3 is 2.65 bits per heavy atom. The van der Waals surface area contributed by atoms with Gasteiger partial charge >= 0.3 is 0 Å². The number of Topliss-reactive ketones (excluding diaryl/α,β-unsaturated/α-hetero) is 1. The summed E-state index contributed by atoms with van der Waals surface area (Å²) in [5.41, 5.74) is 3.61. The van der Waals surface area contributed by atoms with E-state index < -0.39 is 0 Å². The van der Waals surface area contributed by atoms with Crippen molar-refractivity contribution in [2.45, 2.75) is 26.2 Å². The lowest BCUT2D eigenvalue weighted by Crippen LogP contribution is -2.77. The summed E-state index contributed by atoms with van der Waals surface area (Å²) in [6.45, 7) is 8.40. The molecule has 0 aromatic heterocycles. The summed E-state index contributed by atoms with van der Waals surface area (Å²) in [7, 11) is 0. The highest BCUT2D eigenvalue weighted by molar-refractivity contribution is 6.19. The molecule has 0 spiro atoms. The SMILES string of the molecule is C=C/C=C(/C=C1\C(=O)C(N2CCCCC2)=C1[O-])c1ccccc1[NH2+]CC. The molecule has 1 heterocycles. The fraction of sp³-hybridized carbons (Fsp3) is 0.318. The molecule has 0 saturated carbocycles. The summed E-state index contributed by atoms with van der Waals surface area (Å²) in [4.78, 5) is 14.6. The molecular weight excluding hydrogens is 324 g/mol. The van der Waals surface area contributed by atoms with Crippen molar-refractivity contribution in [3.8, 4) is 0 Å². The van der Waals surface area contributed by atoms with Crippen LogP contribution in [-0.4, -0.2) is 30.3 Å². The van der Waals surface area contributed by atoms with Gasteiger partial charge in [0.2, 0.25) is 5.78 Å². The number of quaternary nitrogens is 1. The van der Waals surface area contributed by atoms with Crippen molar-refractivity contribution in [2.75, 3.05) is 19.6 Å². The molecule has 136 valence electrons. The summed E-state index contributed by atoms with van der Waals surface area (Å²) in [5.74, 6) is -0.243. The number of nitrogens with zero attached hydrogens (tertiary/aromatic N) is 1. The third-order valence-corrected chi connectivity index (χ3v) is 4.88. The molecule has 3 rings (SSSR count). The molecular formula is C22H26N2O2. The van der Waals surface area contributed by atoms with E-state index in [9.17, 15) is 9.90 Å². The summed E-state index contributed by atoms with van der Waals surface area (Å²) in [6, 6.07) is 8.01. The second-order valence-corrected chi connectivity index (χ2v) is 6.67. The normalized spacial score (nSPS) is 19.7. The number of rotatable bonds is 6. The van der Waals surface area contributed by atoms with Crippen LogP contribution >= 0.6 is 0 Å². The van der Waals surface area contributed by atoms with Crippen LogP contribution < -0.4 is 10.4 Å². The van der Waals surface area contributed by atoms with Crippen molar-refractivity contribution in [3.63, 3.8) is 0 Å². The van der Waals surface area contributed by atoms with Gasteiger partial charge in [-0.2, -0.15) is 0 Å². The number of allylic oxidation sites excluding steroid dienone is 6. The number of hydrogen-bond donors (Lipinski definition) is 1. The van der Waals surface area contributed by atoms with Gasteiger partial charge in [-0.05, 0) is 50.0 Å². The van der Waals surface area contributed by atoms with Gasteiger partial charge in [0.15, 0.2) is 0 Å². The molecule has 1 fully saturated rings. The van der Waals surface area contributed by atoms with Crippen LogP contribution in [0.2, 0.25) is 0 Å². The third kappa shape index (κ3) is 3.51. The van der Waals surface area contributed by atoms with Crippen molar-refractivity contribution in [3.05, 3.63) is 71.7 Å².